The number of benzene rings is 1. The molecule has 3 rings (SSSR count). The quantitative estimate of drug-likeness (QED) is 0.243. The van der Waals surface area contributed by atoms with Gasteiger partial charge in [0.2, 0.25) is 0 Å². The van der Waals surface area contributed by atoms with Crippen molar-refractivity contribution in [3.63, 3.8) is 0 Å². The van der Waals surface area contributed by atoms with Crippen LogP contribution in [0.1, 0.15) is 64.2 Å². The molecule has 0 amide bonds. The van der Waals surface area contributed by atoms with E-state index in [1.54, 1.807) is 0 Å². The molecule has 27 heavy (non-hydrogen) atoms. The first-order valence-electron chi connectivity index (χ1n) is 10.8. The van der Waals surface area contributed by atoms with Crippen LogP contribution < -0.4 is 0 Å². The third-order valence-electron chi connectivity index (χ3n) is 6.55. The summed E-state index contributed by atoms with van der Waals surface area (Å²) in [6.07, 6.45) is 16.3. The molecular weight excluding hydrogens is 352 g/mol. The zero-order valence-corrected chi connectivity index (χ0v) is 17.2. The van der Waals surface area contributed by atoms with Crippen LogP contribution in [0.4, 0.5) is 0 Å². The minimum Gasteiger partial charge on any atom is -0.481 e. The molecule has 0 unspecified atom stereocenters. The number of thioether (sulfide) groups is 1. The van der Waals surface area contributed by atoms with Crippen LogP contribution in [0.2, 0.25) is 0 Å². The largest absolute Gasteiger partial charge is 0.481 e. The first kappa shape index (κ1) is 20.5. The van der Waals surface area contributed by atoms with Gasteiger partial charge in [-0.3, -0.25) is 4.79 Å². The molecule has 2 nitrogen and oxygen atoms in total. The van der Waals surface area contributed by atoms with Gasteiger partial charge in [-0.2, -0.15) is 0 Å². The number of aliphatic carboxylic acids is 1. The molecule has 148 valence electrons. The lowest BCUT2D eigenvalue weighted by atomic mass is 9.75. The predicted molar refractivity (Wildman–Crippen MR) is 114 cm³/mol. The molecule has 3 heteroatoms. The lowest BCUT2D eigenvalue weighted by molar-refractivity contribution is -0.137. The van der Waals surface area contributed by atoms with Gasteiger partial charge in [0.15, 0.2) is 0 Å². The van der Waals surface area contributed by atoms with Crippen molar-refractivity contribution in [1.29, 1.82) is 0 Å². The summed E-state index contributed by atoms with van der Waals surface area (Å²) in [4.78, 5) is 12.0. The summed E-state index contributed by atoms with van der Waals surface area (Å²) in [7, 11) is 0. The van der Waals surface area contributed by atoms with E-state index in [9.17, 15) is 4.79 Å². The summed E-state index contributed by atoms with van der Waals surface area (Å²) in [5.74, 6) is 4.33. The fourth-order valence-electron chi connectivity index (χ4n) is 5.28. The van der Waals surface area contributed by atoms with E-state index in [1.807, 2.05) is 11.8 Å². The van der Waals surface area contributed by atoms with Crippen molar-refractivity contribution in [1.82, 2.24) is 0 Å². The number of hydrogen-bond donors (Lipinski definition) is 1. The molecule has 0 aromatic heterocycles. The number of carboxylic acid groups (broad SMARTS) is 1. The summed E-state index contributed by atoms with van der Waals surface area (Å²) < 4.78 is 0. The van der Waals surface area contributed by atoms with Gasteiger partial charge in [-0.25, -0.2) is 0 Å². The molecule has 4 atom stereocenters. The Bertz CT molecular complexity index is 598. The molecule has 1 N–H and O–H groups in total. The highest BCUT2D eigenvalue weighted by molar-refractivity contribution is 7.99. The van der Waals surface area contributed by atoms with Crippen molar-refractivity contribution >= 4 is 17.7 Å². The standard InChI is InChI=1S/C24H34O2S/c25-24(26)14-7-2-1-6-12-22-19-15-16-20(18-19)23(22)13-8-9-17-27-21-10-4-3-5-11-21/h1,3-6,10-11,19-20,22-23H,2,7-9,12-18H2,(H,25,26)/t19-,20+,22-,23+/m0/s1. The molecular formula is C24H34O2S. The van der Waals surface area contributed by atoms with Crippen molar-refractivity contribution in [2.75, 3.05) is 5.75 Å². The molecule has 2 bridgehead atoms. The summed E-state index contributed by atoms with van der Waals surface area (Å²) in [5.41, 5.74) is 0. The van der Waals surface area contributed by atoms with E-state index >= 15 is 0 Å². The highest BCUT2D eigenvalue weighted by atomic mass is 32.2. The van der Waals surface area contributed by atoms with Crippen LogP contribution in [-0.2, 0) is 4.79 Å². The number of rotatable bonds is 12. The lowest BCUT2D eigenvalue weighted by Gasteiger charge is -2.30. The molecule has 0 spiro atoms. The molecule has 2 aliphatic rings. The maximum atomic E-state index is 10.6. The maximum absolute atomic E-state index is 10.6. The van der Waals surface area contributed by atoms with Gasteiger partial charge in [0.05, 0.1) is 0 Å². The van der Waals surface area contributed by atoms with Crippen molar-refractivity contribution in [2.24, 2.45) is 23.7 Å². The molecule has 0 saturated heterocycles. The van der Waals surface area contributed by atoms with Crippen molar-refractivity contribution in [3.05, 3.63) is 42.5 Å². The Morgan fingerprint density at radius 1 is 1.04 bits per heavy atom. The van der Waals surface area contributed by atoms with Gasteiger partial charge < -0.3 is 5.11 Å². The Morgan fingerprint density at radius 3 is 2.59 bits per heavy atom. The molecule has 0 radical (unpaired) electrons. The van der Waals surface area contributed by atoms with Crippen LogP contribution in [-0.4, -0.2) is 16.8 Å². The van der Waals surface area contributed by atoms with Crippen LogP contribution >= 0.6 is 11.8 Å². The van der Waals surface area contributed by atoms with E-state index in [4.69, 9.17) is 5.11 Å². The molecule has 2 aliphatic carbocycles. The van der Waals surface area contributed by atoms with Gasteiger partial charge >= 0.3 is 5.97 Å². The van der Waals surface area contributed by atoms with E-state index < -0.39 is 5.97 Å². The van der Waals surface area contributed by atoms with Crippen molar-refractivity contribution in [3.8, 4) is 0 Å². The highest BCUT2D eigenvalue weighted by Crippen LogP contribution is 2.55. The van der Waals surface area contributed by atoms with E-state index in [-0.39, 0.29) is 0 Å². The Hall–Kier alpha value is -1.22. The molecule has 2 fully saturated rings. The number of carboxylic acids is 1. The van der Waals surface area contributed by atoms with Gasteiger partial charge in [-0.15, -0.1) is 11.8 Å². The first-order valence-corrected chi connectivity index (χ1v) is 11.8. The summed E-state index contributed by atoms with van der Waals surface area (Å²) in [6.45, 7) is 0. The summed E-state index contributed by atoms with van der Waals surface area (Å²) in [5, 5.41) is 8.71. The zero-order chi connectivity index (χ0) is 18.9. The van der Waals surface area contributed by atoms with Crippen molar-refractivity contribution < 1.29 is 9.90 Å². The molecule has 1 aromatic carbocycles. The monoisotopic (exact) mass is 386 g/mol. The minimum absolute atomic E-state index is 0.294. The van der Waals surface area contributed by atoms with E-state index in [0.717, 1.165) is 36.5 Å². The topological polar surface area (TPSA) is 37.3 Å². The normalized spacial score (nSPS) is 26.8. The third-order valence-corrected chi connectivity index (χ3v) is 7.65. The maximum Gasteiger partial charge on any atom is 0.303 e. The van der Waals surface area contributed by atoms with Crippen LogP contribution in [0.15, 0.2) is 47.4 Å². The van der Waals surface area contributed by atoms with Crippen LogP contribution in [0.3, 0.4) is 0 Å². The third kappa shape index (κ3) is 6.41. The van der Waals surface area contributed by atoms with Gasteiger partial charge in [-0.1, -0.05) is 36.8 Å². The van der Waals surface area contributed by atoms with E-state index in [0.29, 0.717) is 6.42 Å². The van der Waals surface area contributed by atoms with Crippen molar-refractivity contribution in [2.45, 2.75) is 69.1 Å². The summed E-state index contributed by atoms with van der Waals surface area (Å²) >= 11 is 1.99. The van der Waals surface area contributed by atoms with Crippen LogP contribution in [0, 0.1) is 23.7 Å². The van der Waals surface area contributed by atoms with Crippen LogP contribution in [0.25, 0.3) is 0 Å². The first-order chi connectivity index (χ1) is 13.2. The SMILES string of the molecule is O=C(O)CCCC=CC[C@H]1[C@H]2CC[C@H](C2)[C@H]1CCCCSc1ccccc1. The number of allylic oxidation sites excluding steroid dienone is 2. The second-order valence-corrected chi connectivity index (χ2v) is 9.48. The van der Waals surface area contributed by atoms with E-state index in [2.05, 4.69) is 42.5 Å². The summed E-state index contributed by atoms with van der Waals surface area (Å²) in [6, 6.07) is 10.7. The lowest BCUT2D eigenvalue weighted by Crippen LogP contribution is -2.22. The Kier molecular flexibility index (Phi) is 8.32. The predicted octanol–water partition coefficient (Wildman–Crippen LogP) is 6.81. The fraction of sp³-hybridized carbons (Fsp3) is 0.625. The Balaban J connectivity index is 1.35. The average Bonchev–Trinajstić information content (AvgIpc) is 3.27. The van der Waals surface area contributed by atoms with E-state index in [1.165, 1.54) is 55.6 Å². The highest BCUT2D eigenvalue weighted by Gasteiger charge is 2.45. The number of carbonyl (C=O) groups is 1. The number of unbranched alkanes of at least 4 members (excludes halogenated alkanes) is 2. The van der Waals surface area contributed by atoms with Gasteiger partial charge in [0, 0.05) is 11.3 Å². The van der Waals surface area contributed by atoms with Gasteiger partial charge in [0.25, 0.3) is 0 Å². The number of fused-ring (bicyclic) bond motifs is 2. The van der Waals surface area contributed by atoms with Gasteiger partial charge in [0.1, 0.15) is 0 Å². The zero-order valence-electron chi connectivity index (χ0n) is 16.4. The van der Waals surface area contributed by atoms with Gasteiger partial charge in [-0.05, 0) is 92.9 Å². The molecule has 0 aliphatic heterocycles. The minimum atomic E-state index is -0.679. The molecule has 2 saturated carbocycles. The fourth-order valence-corrected chi connectivity index (χ4v) is 6.21. The Morgan fingerprint density at radius 2 is 1.81 bits per heavy atom. The number of hydrogen-bond acceptors (Lipinski definition) is 2. The molecule has 0 heterocycles. The Labute approximate surface area is 168 Å². The van der Waals surface area contributed by atoms with Crippen LogP contribution in [0.5, 0.6) is 0 Å². The average molecular weight is 387 g/mol. The smallest absolute Gasteiger partial charge is 0.303 e. The second-order valence-electron chi connectivity index (χ2n) is 8.31. The second kappa shape index (κ2) is 10.9. The molecule has 1 aromatic rings.